The largest absolute Gasteiger partial charge is 0.573 e. The van der Waals surface area contributed by atoms with Gasteiger partial charge in [0.15, 0.2) is 0 Å². The van der Waals surface area contributed by atoms with E-state index >= 15 is 0 Å². The summed E-state index contributed by atoms with van der Waals surface area (Å²) in [5.41, 5.74) is 1.89. The molecule has 45 heavy (non-hydrogen) atoms. The number of aliphatic carboxylic acids is 1. The molecule has 2 aliphatic rings. The maximum atomic E-state index is 13.2. The summed E-state index contributed by atoms with van der Waals surface area (Å²) in [5, 5.41) is 9.85. The lowest BCUT2D eigenvalue weighted by molar-refractivity contribution is -0.274. The van der Waals surface area contributed by atoms with E-state index in [4.69, 9.17) is 14.6 Å². The number of alkyl halides is 6. The topological polar surface area (TPSA) is 138 Å². The summed E-state index contributed by atoms with van der Waals surface area (Å²) in [7, 11) is 0. The first kappa shape index (κ1) is 32.6. The highest BCUT2D eigenvalue weighted by atomic mass is 19.4. The smallest absolute Gasteiger partial charge is 0.475 e. The molecule has 1 fully saturated rings. The van der Waals surface area contributed by atoms with E-state index in [0.29, 0.717) is 47.8 Å². The van der Waals surface area contributed by atoms with Crippen LogP contribution in [0.5, 0.6) is 17.2 Å². The van der Waals surface area contributed by atoms with Crippen LogP contribution in [0.4, 0.5) is 48.3 Å². The third-order valence-corrected chi connectivity index (χ3v) is 6.35. The number of carbonyl (C=O) groups excluding carboxylic acids is 3. The van der Waals surface area contributed by atoms with E-state index in [1.165, 1.54) is 18.3 Å². The predicted octanol–water partition coefficient (Wildman–Crippen LogP) is 5.83. The Balaban J connectivity index is 0.000000591. The average molecular weight is 640 g/mol. The van der Waals surface area contributed by atoms with Crippen LogP contribution in [0.1, 0.15) is 24.5 Å². The van der Waals surface area contributed by atoms with E-state index in [1.807, 2.05) is 6.92 Å². The van der Waals surface area contributed by atoms with Crippen LogP contribution in [0.25, 0.3) is 0 Å². The number of aryl methyl sites for hydroxylation is 1. The molecule has 2 N–H and O–H groups in total. The highest BCUT2D eigenvalue weighted by Crippen LogP contribution is 2.37. The maximum Gasteiger partial charge on any atom is 0.573 e. The number of amides is 4. The van der Waals surface area contributed by atoms with Crippen LogP contribution >= 0.6 is 0 Å². The second-order valence-corrected chi connectivity index (χ2v) is 9.38. The number of pyridine rings is 1. The summed E-state index contributed by atoms with van der Waals surface area (Å²) in [4.78, 5) is 52.8. The van der Waals surface area contributed by atoms with Crippen LogP contribution < -0.4 is 24.6 Å². The van der Waals surface area contributed by atoms with Crippen molar-refractivity contribution in [2.45, 2.75) is 38.7 Å². The summed E-state index contributed by atoms with van der Waals surface area (Å²) in [5.74, 6) is -2.41. The molecule has 0 saturated carbocycles. The third kappa shape index (κ3) is 7.79. The van der Waals surface area contributed by atoms with Gasteiger partial charge in [-0.3, -0.25) is 14.5 Å². The summed E-state index contributed by atoms with van der Waals surface area (Å²) >= 11 is 0. The number of carboxylic acids is 1. The standard InChI is InChI=1S/C26H21F3N4O5.C2HF3O2/c1-2-15-12-17(6-8-20(15)37-21-10-11-30-24-19(21)7-9-22(34)31-24)33-23(35)14-32(25(33)36)16-4-3-5-18(13-16)38-26(27,28)29;3-2(4,5)1(6)7/h3-6,8,10-13H,2,7,9,14H2,1H3,(H,30,31,34);(H,6,7). The number of nitrogens with one attached hydrogen (secondary N) is 1. The Kier molecular flexibility index (Phi) is 9.20. The monoisotopic (exact) mass is 640 g/mol. The molecule has 1 saturated heterocycles. The van der Waals surface area contributed by atoms with Crippen LogP contribution in [-0.4, -0.2) is 53.0 Å². The minimum atomic E-state index is -5.08. The maximum absolute atomic E-state index is 13.2. The van der Waals surface area contributed by atoms with Crippen molar-refractivity contribution in [3.8, 4) is 17.2 Å². The molecule has 5 rings (SSSR count). The van der Waals surface area contributed by atoms with Gasteiger partial charge in [-0.25, -0.2) is 19.5 Å². The van der Waals surface area contributed by atoms with Gasteiger partial charge in [0.2, 0.25) is 5.91 Å². The fraction of sp³-hybridized carbons (Fsp3) is 0.250. The molecule has 3 aromatic rings. The van der Waals surface area contributed by atoms with Gasteiger partial charge in [-0.2, -0.15) is 13.2 Å². The number of carbonyl (C=O) groups is 4. The zero-order valence-electron chi connectivity index (χ0n) is 23.0. The molecule has 2 aliphatic heterocycles. The number of aromatic nitrogens is 1. The minimum absolute atomic E-state index is 0.0952. The number of benzene rings is 2. The van der Waals surface area contributed by atoms with Crippen molar-refractivity contribution in [1.29, 1.82) is 0 Å². The van der Waals surface area contributed by atoms with Crippen LogP contribution in [0, 0.1) is 0 Å². The van der Waals surface area contributed by atoms with Crippen molar-refractivity contribution < 1.29 is 60.1 Å². The zero-order valence-corrected chi connectivity index (χ0v) is 23.0. The Morgan fingerprint density at radius 3 is 2.33 bits per heavy atom. The number of rotatable bonds is 6. The van der Waals surface area contributed by atoms with E-state index in [9.17, 15) is 40.7 Å². The second-order valence-electron chi connectivity index (χ2n) is 9.38. The molecular formula is C28H22F6N4O7. The van der Waals surface area contributed by atoms with Gasteiger partial charge in [0.1, 0.15) is 29.6 Å². The molecule has 3 heterocycles. The lowest BCUT2D eigenvalue weighted by Crippen LogP contribution is -2.33. The molecule has 11 nitrogen and oxygen atoms in total. The molecule has 0 bridgehead atoms. The Morgan fingerprint density at radius 1 is 0.978 bits per heavy atom. The summed E-state index contributed by atoms with van der Waals surface area (Å²) in [6.07, 6.45) is -7.13. The van der Waals surface area contributed by atoms with Crippen LogP contribution in [0.3, 0.4) is 0 Å². The zero-order chi connectivity index (χ0) is 33.1. The third-order valence-electron chi connectivity index (χ3n) is 6.35. The van der Waals surface area contributed by atoms with Crippen LogP contribution in [-0.2, 0) is 27.2 Å². The number of hydrogen-bond donors (Lipinski definition) is 2. The van der Waals surface area contributed by atoms with Gasteiger partial charge >= 0.3 is 24.5 Å². The Morgan fingerprint density at radius 2 is 1.69 bits per heavy atom. The van der Waals surface area contributed by atoms with E-state index in [0.717, 1.165) is 27.5 Å². The minimum Gasteiger partial charge on any atom is -0.475 e. The molecule has 0 radical (unpaired) electrons. The number of ether oxygens (including phenoxy) is 2. The number of nitrogens with zero attached hydrogens (tertiary/aromatic N) is 3. The SMILES string of the molecule is CCc1cc(N2C(=O)CN(c3cccc(OC(F)(F)F)c3)C2=O)ccc1Oc1ccnc2c1CCC(=O)N2.O=C(O)C(F)(F)F. The summed E-state index contributed by atoms with van der Waals surface area (Å²) in [6.45, 7) is 1.54. The molecule has 1 aromatic heterocycles. The van der Waals surface area contributed by atoms with Crippen molar-refractivity contribution in [1.82, 2.24) is 4.98 Å². The molecule has 0 spiro atoms. The number of anilines is 3. The van der Waals surface area contributed by atoms with Gasteiger partial charge in [-0.05, 0) is 54.8 Å². The van der Waals surface area contributed by atoms with Gasteiger partial charge in [-0.1, -0.05) is 13.0 Å². The number of fused-ring (bicyclic) bond motifs is 1. The van der Waals surface area contributed by atoms with Gasteiger partial charge in [0, 0.05) is 29.9 Å². The summed E-state index contributed by atoms with van der Waals surface area (Å²) < 4.78 is 79.7. The summed E-state index contributed by atoms with van der Waals surface area (Å²) in [6, 6.07) is 10.8. The highest BCUT2D eigenvalue weighted by molar-refractivity contribution is 6.27. The molecule has 0 aliphatic carbocycles. The van der Waals surface area contributed by atoms with Gasteiger partial charge in [0.25, 0.3) is 5.91 Å². The lowest BCUT2D eigenvalue weighted by atomic mass is 10.1. The van der Waals surface area contributed by atoms with Crippen molar-refractivity contribution in [3.63, 3.8) is 0 Å². The quantitative estimate of drug-likeness (QED) is 0.254. The average Bonchev–Trinajstić information content (AvgIpc) is 3.25. The predicted molar refractivity (Wildman–Crippen MR) is 144 cm³/mol. The Bertz CT molecular complexity index is 1640. The van der Waals surface area contributed by atoms with E-state index in [-0.39, 0.29) is 18.1 Å². The highest BCUT2D eigenvalue weighted by Gasteiger charge is 2.39. The normalized spacial score (nSPS) is 14.8. The second kappa shape index (κ2) is 12.7. The first-order chi connectivity index (χ1) is 21.1. The number of halogens is 6. The van der Waals surface area contributed by atoms with Crippen LogP contribution in [0.2, 0.25) is 0 Å². The fourth-order valence-electron chi connectivity index (χ4n) is 4.36. The molecule has 2 aromatic carbocycles. The molecule has 238 valence electrons. The van der Waals surface area contributed by atoms with Crippen LogP contribution in [0.15, 0.2) is 54.7 Å². The number of imide groups is 1. The van der Waals surface area contributed by atoms with Gasteiger partial charge in [0.05, 0.1) is 5.69 Å². The van der Waals surface area contributed by atoms with E-state index in [1.54, 1.807) is 24.3 Å². The van der Waals surface area contributed by atoms with Gasteiger partial charge < -0.3 is 19.9 Å². The molecule has 0 unspecified atom stereocenters. The molecule has 0 atom stereocenters. The number of carboxylic acid groups (broad SMARTS) is 1. The molecule has 17 heteroatoms. The first-order valence-corrected chi connectivity index (χ1v) is 13.0. The van der Waals surface area contributed by atoms with Gasteiger partial charge in [-0.15, -0.1) is 13.2 Å². The number of urea groups is 1. The van der Waals surface area contributed by atoms with E-state index in [2.05, 4.69) is 15.0 Å². The van der Waals surface area contributed by atoms with Crippen molar-refractivity contribution in [3.05, 3.63) is 65.9 Å². The van der Waals surface area contributed by atoms with Crippen molar-refractivity contribution >= 4 is 41.0 Å². The van der Waals surface area contributed by atoms with E-state index < -0.39 is 36.2 Å². The fourth-order valence-corrected chi connectivity index (χ4v) is 4.36. The Labute approximate surface area is 250 Å². The first-order valence-electron chi connectivity index (χ1n) is 13.0. The molecular weight excluding hydrogens is 618 g/mol. The molecule has 4 amide bonds. The Hall–Kier alpha value is -5.35. The van der Waals surface area contributed by atoms with Crippen molar-refractivity contribution in [2.24, 2.45) is 0 Å². The number of hydrogen-bond acceptors (Lipinski definition) is 7. The van der Waals surface area contributed by atoms with Crippen molar-refractivity contribution in [2.75, 3.05) is 21.7 Å². The lowest BCUT2D eigenvalue weighted by Gasteiger charge is -2.21.